The maximum atomic E-state index is 12.9. The van der Waals surface area contributed by atoms with E-state index in [1.807, 2.05) is 23.6 Å². The standard InChI is InChI=1S/C19H17FN2O2S2/c20-15-8-6-14(7-9-15)11-25-12-16-13-26-19(21-16)22-18(23)10-24-17-4-2-1-3-5-17/h1-9,13H,10-12H2,(H,21,22,23). The molecule has 0 fully saturated rings. The van der Waals surface area contributed by atoms with Crippen molar-refractivity contribution >= 4 is 34.1 Å². The lowest BCUT2D eigenvalue weighted by molar-refractivity contribution is -0.118. The van der Waals surface area contributed by atoms with Crippen molar-refractivity contribution in [2.45, 2.75) is 11.5 Å². The van der Waals surface area contributed by atoms with Crippen LogP contribution in [0.4, 0.5) is 9.52 Å². The van der Waals surface area contributed by atoms with Gasteiger partial charge in [0.05, 0.1) is 5.69 Å². The number of nitrogens with one attached hydrogen (secondary N) is 1. The molecule has 134 valence electrons. The van der Waals surface area contributed by atoms with Crippen LogP contribution in [0.25, 0.3) is 0 Å². The predicted octanol–water partition coefficient (Wildman–Crippen LogP) is 4.73. The van der Waals surface area contributed by atoms with Crippen molar-refractivity contribution in [3.8, 4) is 5.75 Å². The average Bonchev–Trinajstić information content (AvgIpc) is 3.10. The number of hydrogen-bond donors (Lipinski definition) is 1. The minimum Gasteiger partial charge on any atom is -0.484 e. The fourth-order valence-corrected chi connectivity index (χ4v) is 3.82. The third kappa shape index (κ3) is 5.86. The van der Waals surface area contributed by atoms with Gasteiger partial charge in [0.2, 0.25) is 0 Å². The predicted molar refractivity (Wildman–Crippen MR) is 104 cm³/mol. The Bertz CT molecular complexity index is 838. The number of aromatic nitrogens is 1. The SMILES string of the molecule is O=C(COc1ccccc1)Nc1nc(CSCc2ccc(F)cc2)cs1. The van der Waals surface area contributed by atoms with Gasteiger partial charge in [-0.15, -0.1) is 11.3 Å². The number of amides is 1. The molecular weight excluding hydrogens is 371 g/mol. The molecule has 0 radical (unpaired) electrons. The largest absolute Gasteiger partial charge is 0.484 e. The minimum absolute atomic E-state index is 0.0573. The molecule has 0 atom stereocenters. The van der Waals surface area contributed by atoms with Crippen molar-refractivity contribution in [2.75, 3.05) is 11.9 Å². The van der Waals surface area contributed by atoms with Gasteiger partial charge in [-0.2, -0.15) is 11.8 Å². The van der Waals surface area contributed by atoms with Crippen LogP contribution in [0.5, 0.6) is 5.75 Å². The normalized spacial score (nSPS) is 10.5. The Morgan fingerprint density at radius 1 is 1.12 bits per heavy atom. The zero-order chi connectivity index (χ0) is 18.2. The highest BCUT2D eigenvalue weighted by molar-refractivity contribution is 7.97. The maximum absolute atomic E-state index is 12.9. The Balaban J connectivity index is 1.41. The first-order valence-corrected chi connectivity index (χ1v) is 9.97. The van der Waals surface area contributed by atoms with E-state index in [2.05, 4.69) is 10.3 Å². The summed E-state index contributed by atoms with van der Waals surface area (Å²) >= 11 is 3.08. The summed E-state index contributed by atoms with van der Waals surface area (Å²) in [5, 5.41) is 5.22. The van der Waals surface area contributed by atoms with Crippen LogP contribution < -0.4 is 10.1 Å². The van der Waals surface area contributed by atoms with E-state index in [9.17, 15) is 9.18 Å². The number of hydrogen-bond acceptors (Lipinski definition) is 5. The van der Waals surface area contributed by atoms with Crippen LogP contribution in [-0.2, 0) is 16.3 Å². The molecule has 1 amide bonds. The summed E-state index contributed by atoms with van der Waals surface area (Å²) in [5.74, 6) is 1.69. The third-order valence-electron chi connectivity index (χ3n) is 3.34. The van der Waals surface area contributed by atoms with E-state index < -0.39 is 0 Å². The molecule has 0 saturated heterocycles. The van der Waals surface area contributed by atoms with E-state index in [1.54, 1.807) is 36.0 Å². The van der Waals surface area contributed by atoms with Gasteiger partial charge in [-0.25, -0.2) is 9.37 Å². The van der Waals surface area contributed by atoms with Crippen LogP contribution >= 0.6 is 23.1 Å². The number of carbonyl (C=O) groups is 1. The Morgan fingerprint density at radius 3 is 2.65 bits per heavy atom. The van der Waals surface area contributed by atoms with Gasteiger partial charge in [0.15, 0.2) is 11.7 Å². The average molecular weight is 388 g/mol. The molecule has 3 rings (SSSR count). The number of ether oxygens (including phenoxy) is 1. The molecule has 4 nitrogen and oxygen atoms in total. The molecule has 0 aliphatic heterocycles. The van der Waals surface area contributed by atoms with Crippen molar-refractivity contribution in [3.63, 3.8) is 0 Å². The van der Waals surface area contributed by atoms with Gasteiger partial charge < -0.3 is 4.74 Å². The summed E-state index contributed by atoms with van der Waals surface area (Å²) in [5.41, 5.74) is 1.97. The molecule has 0 saturated carbocycles. The zero-order valence-electron chi connectivity index (χ0n) is 13.9. The highest BCUT2D eigenvalue weighted by Crippen LogP contribution is 2.22. The molecule has 2 aromatic carbocycles. The summed E-state index contributed by atoms with van der Waals surface area (Å²) in [6, 6.07) is 15.7. The third-order valence-corrected chi connectivity index (χ3v) is 5.19. The molecule has 0 aliphatic carbocycles. The number of anilines is 1. The number of rotatable bonds is 8. The molecular formula is C19H17FN2O2S2. The number of para-hydroxylation sites is 1. The van der Waals surface area contributed by atoms with Crippen molar-refractivity contribution in [2.24, 2.45) is 0 Å². The van der Waals surface area contributed by atoms with Crippen LogP contribution in [0.2, 0.25) is 0 Å². The molecule has 7 heteroatoms. The summed E-state index contributed by atoms with van der Waals surface area (Å²) in [7, 11) is 0. The Kier molecular flexibility index (Phi) is 6.62. The number of thioether (sulfide) groups is 1. The molecule has 26 heavy (non-hydrogen) atoms. The second-order valence-electron chi connectivity index (χ2n) is 5.41. The molecule has 1 aromatic heterocycles. The fourth-order valence-electron chi connectivity index (χ4n) is 2.11. The van der Waals surface area contributed by atoms with Crippen LogP contribution in [0.3, 0.4) is 0 Å². The van der Waals surface area contributed by atoms with E-state index in [1.165, 1.54) is 23.5 Å². The minimum atomic E-state index is -0.242. The molecule has 0 unspecified atom stereocenters. The van der Waals surface area contributed by atoms with Gasteiger partial charge >= 0.3 is 0 Å². The van der Waals surface area contributed by atoms with Crippen molar-refractivity contribution in [1.82, 2.24) is 4.98 Å². The van der Waals surface area contributed by atoms with E-state index in [-0.39, 0.29) is 18.3 Å². The molecule has 1 heterocycles. The number of nitrogens with zero attached hydrogens (tertiary/aromatic N) is 1. The summed E-state index contributed by atoms with van der Waals surface area (Å²) in [6.45, 7) is -0.0573. The highest BCUT2D eigenvalue weighted by atomic mass is 32.2. The first-order valence-electron chi connectivity index (χ1n) is 7.93. The lowest BCUT2D eigenvalue weighted by atomic mass is 10.2. The van der Waals surface area contributed by atoms with E-state index in [0.29, 0.717) is 10.9 Å². The Labute approximate surface area is 159 Å². The number of benzene rings is 2. The molecule has 0 spiro atoms. The second-order valence-corrected chi connectivity index (χ2v) is 7.26. The van der Waals surface area contributed by atoms with Crippen LogP contribution in [0, 0.1) is 5.82 Å². The van der Waals surface area contributed by atoms with Gasteiger partial charge in [-0.05, 0) is 29.8 Å². The first kappa shape index (κ1) is 18.4. The molecule has 0 aliphatic rings. The lowest BCUT2D eigenvalue weighted by Crippen LogP contribution is -2.20. The maximum Gasteiger partial charge on any atom is 0.264 e. The van der Waals surface area contributed by atoms with Crippen LogP contribution in [-0.4, -0.2) is 17.5 Å². The smallest absolute Gasteiger partial charge is 0.264 e. The number of halogens is 1. The second kappa shape index (κ2) is 9.35. The summed E-state index contributed by atoms with van der Waals surface area (Å²) in [4.78, 5) is 16.3. The van der Waals surface area contributed by atoms with E-state index in [4.69, 9.17) is 4.74 Å². The monoisotopic (exact) mass is 388 g/mol. The van der Waals surface area contributed by atoms with Gasteiger partial charge in [-0.3, -0.25) is 10.1 Å². The number of carbonyl (C=O) groups excluding carboxylic acids is 1. The van der Waals surface area contributed by atoms with Crippen molar-refractivity contribution < 1.29 is 13.9 Å². The van der Waals surface area contributed by atoms with Crippen LogP contribution in [0.1, 0.15) is 11.3 Å². The van der Waals surface area contributed by atoms with Gasteiger partial charge in [0.25, 0.3) is 5.91 Å². The Morgan fingerprint density at radius 2 is 1.88 bits per heavy atom. The molecule has 1 N–H and O–H groups in total. The number of thiazole rings is 1. The molecule has 0 bridgehead atoms. The topological polar surface area (TPSA) is 51.2 Å². The summed E-state index contributed by atoms with van der Waals surface area (Å²) < 4.78 is 18.3. The fraction of sp³-hybridized carbons (Fsp3) is 0.158. The van der Waals surface area contributed by atoms with Gasteiger partial charge in [0, 0.05) is 16.9 Å². The van der Waals surface area contributed by atoms with Crippen LogP contribution in [0.15, 0.2) is 60.0 Å². The zero-order valence-corrected chi connectivity index (χ0v) is 15.5. The highest BCUT2D eigenvalue weighted by Gasteiger charge is 2.08. The van der Waals surface area contributed by atoms with Crippen molar-refractivity contribution in [1.29, 1.82) is 0 Å². The first-order chi connectivity index (χ1) is 12.7. The quantitative estimate of drug-likeness (QED) is 0.606. The summed E-state index contributed by atoms with van der Waals surface area (Å²) in [6.07, 6.45) is 0. The molecule has 3 aromatic rings. The van der Waals surface area contributed by atoms with Crippen molar-refractivity contribution in [3.05, 3.63) is 77.1 Å². The Hall–Kier alpha value is -2.38. The van der Waals surface area contributed by atoms with Gasteiger partial charge in [0.1, 0.15) is 11.6 Å². The van der Waals surface area contributed by atoms with E-state index in [0.717, 1.165) is 22.8 Å². The van der Waals surface area contributed by atoms with E-state index >= 15 is 0 Å². The lowest BCUT2D eigenvalue weighted by Gasteiger charge is -2.05. The van der Waals surface area contributed by atoms with Gasteiger partial charge in [-0.1, -0.05) is 30.3 Å².